The fraction of sp³-hybridized carbons (Fsp3) is 0.600. The van der Waals surface area contributed by atoms with Crippen molar-refractivity contribution in [1.82, 2.24) is 0 Å². The molecule has 0 heterocycles. The van der Waals surface area contributed by atoms with Gasteiger partial charge in [-0.25, -0.2) is 0 Å². The lowest BCUT2D eigenvalue weighted by Crippen LogP contribution is -2.50. The number of aliphatic hydroxyl groups is 2. The van der Waals surface area contributed by atoms with Gasteiger partial charge in [0.1, 0.15) is 5.75 Å². The maximum Gasteiger partial charge on any atom is 0.115 e. The second-order valence-electron chi connectivity index (χ2n) is 8.10. The standard InChI is InChI=1S/C20H26O3/c1-3-20-9-6-12-10-13(21)4-5-14(12)15(20)7-8-19(2)17(20)11-16(22)18(19)23/h3-5,10,15-18,21-23H,1,6-9,11H2,2H3/t15?,16-,17?,18?,19+,20-/m1/s1. The topological polar surface area (TPSA) is 60.7 Å². The molecule has 1 aromatic rings. The molecule has 0 aromatic heterocycles. The number of benzene rings is 1. The summed E-state index contributed by atoms with van der Waals surface area (Å²) >= 11 is 0. The Morgan fingerprint density at radius 3 is 2.78 bits per heavy atom. The van der Waals surface area contributed by atoms with Crippen LogP contribution >= 0.6 is 0 Å². The van der Waals surface area contributed by atoms with E-state index in [4.69, 9.17) is 0 Å². The van der Waals surface area contributed by atoms with Crippen LogP contribution in [0.4, 0.5) is 0 Å². The molecule has 4 rings (SSSR count). The third-order valence-corrected chi connectivity index (χ3v) is 7.29. The van der Waals surface area contributed by atoms with Gasteiger partial charge < -0.3 is 15.3 Å². The minimum absolute atomic E-state index is 0.0601. The largest absolute Gasteiger partial charge is 0.508 e. The molecule has 0 saturated heterocycles. The predicted octanol–water partition coefficient (Wildman–Crippen LogP) is 3.14. The number of rotatable bonds is 1. The molecule has 3 heteroatoms. The van der Waals surface area contributed by atoms with Gasteiger partial charge >= 0.3 is 0 Å². The first-order valence-corrected chi connectivity index (χ1v) is 8.74. The number of allylic oxidation sites excluding steroid dienone is 1. The van der Waals surface area contributed by atoms with Crippen LogP contribution in [-0.4, -0.2) is 27.5 Å². The van der Waals surface area contributed by atoms with Crippen LogP contribution in [0.5, 0.6) is 5.75 Å². The molecule has 3 aliphatic rings. The van der Waals surface area contributed by atoms with E-state index in [0.29, 0.717) is 18.1 Å². The quantitative estimate of drug-likeness (QED) is 0.698. The van der Waals surface area contributed by atoms with Gasteiger partial charge in [0.15, 0.2) is 0 Å². The molecule has 0 bridgehead atoms. The number of phenols is 1. The number of phenolic OH excluding ortho intramolecular Hbond substituents is 1. The molecule has 0 amide bonds. The highest BCUT2D eigenvalue weighted by atomic mass is 16.3. The van der Waals surface area contributed by atoms with Gasteiger partial charge in [-0.1, -0.05) is 19.1 Å². The van der Waals surface area contributed by atoms with Crippen molar-refractivity contribution in [3.8, 4) is 5.75 Å². The van der Waals surface area contributed by atoms with Gasteiger partial charge in [0.25, 0.3) is 0 Å². The smallest absolute Gasteiger partial charge is 0.115 e. The number of aryl methyl sites for hydroxylation is 1. The molecule has 23 heavy (non-hydrogen) atoms. The van der Waals surface area contributed by atoms with Crippen LogP contribution in [0.15, 0.2) is 30.9 Å². The Balaban J connectivity index is 1.83. The van der Waals surface area contributed by atoms with Gasteiger partial charge in [-0.15, -0.1) is 6.58 Å². The van der Waals surface area contributed by atoms with Crippen LogP contribution in [0.2, 0.25) is 0 Å². The molecular formula is C20H26O3. The van der Waals surface area contributed by atoms with Crippen molar-refractivity contribution in [3.63, 3.8) is 0 Å². The molecule has 3 N–H and O–H groups in total. The van der Waals surface area contributed by atoms with Crippen LogP contribution in [0.25, 0.3) is 0 Å². The lowest BCUT2D eigenvalue weighted by Gasteiger charge is -2.57. The molecule has 2 fully saturated rings. The van der Waals surface area contributed by atoms with Crippen LogP contribution in [0, 0.1) is 16.7 Å². The first kappa shape index (κ1) is 15.2. The maximum absolute atomic E-state index is 10.6. The van der Waals surface area contributed by atoms with Gasteiger partial charge in [0.05, 0.1) is 12.2 Å². The summed E-state index contributed by atoms with van der Waals surface area (Å²) in [5, 5.41) is 30.7. The van der Waals surface area contributed by atoms with Crippen molar-refractivity contribution in [1.29, 1.82) is 0 Å². The molecule has 3 unspecified atom stereocenters. The van der Waals surface area contributed by atoms with Gasteiger partial charge in [-0.05, 0) is 78.0 Å². The lowest BCUT2D eigenvalue weighted by atomic mass is 9.47. The van der Waals surface area contributed by atoms with E-state index in [9.17, 15) is 15.3 Å². The maximum atomic E-state index is 10.6. The van der Waals surface area contributed by atoms with Gasteiger partial charge in [-0.3, -0.25) is 0 Å². The van der Waals surface area contributed by atoms with E-state index in [1.165, 1.54) is 11.1 Å². The lowest BCUT2D eigenvalue weighted by molar-refractivity contribution is -0.0687. The van der Waals surface area contributed by atoms with Crippen molar-refractivity contribution in [2.24, 2.45) is 16.7 Å². The average molecular weight is 314 g/mol. The van der Waals surface area contributed by atoms with Gasteiger partial charge in [-0.2, -0.15) is 0 Å². The number of fused-ring (bicyclic) bond motifs is 5. The second kappa shape index (κ2) is 4.84. The van der Waals surface area contributed by atoms with E-state index in [1.807, 2.05) is 6.07 Å². The van der Waals surface area contributed by atoms with Crippen LogP contribution in [0.1, 0.15) is 49.7 Å². The number of aromatic hydroxyl groups is 1. The third-order valence-electron chi connectivity index (χ3n) is 7.29. The SMILES string of the molecule is C=C[C@@]12CCc3cc(O)ccc3C1CC[C@]1(C)C(O)[C@H](O)CC12. The molecule has 3 nitrogen and oxygen atoms in total. The van der Waals surface area contributed by atoms with Crippen LogP contribution in [-0.2, 0) is 6.42 Å². The number of hydrogen-bond acceptors (Lipinski definition) is 3. The Kier molecular flexibility index (Phi) is 3.20. The van der Waals surface area contributed by atoms with Crippen molar-refractivity contribution in [2.45, 2.75) is 57.2 Å². The highest BCUT2D eigenvalue weighted by molar-refractivity contribution is 5.43. The zero-order valence-electron chi connectivity index (χ0n) is 13.7. The first-order valence-electron chi connectivity index (χ1n) is 8.74. The molecule has 3 aliphatic carbocycles. The predicted molar refractivity (Wildman–Crippen MR) is 89.3 cm³/mol. The van der Waals surface area contributed by atoms with Gasteiger partial charge in [0, 0.05) is 0 Å². The molecule has 2 saturated carbocycles. The fourth-order valence-corrected chi connectivity index (χ4v) is 6.09. The zero-order chi connectivity index (χ0) is 16.4. The second-order valence-corrected chi connectivity index (χ2v) is 8.10. The Morgan fingerprint density at radius 2 is 2.04 bits per heavy atom. The molecule has 0 radical (unpaired) electrons. The summed E-state index contributed by atoms with van der Waals surface area (Å²) in [5.74, 6) is 0.973. The molecule has 124 valence electrons. The summed E-state index contributed by atoms with van der Waals surface area (Å²) in [6.07, 6.45) is 5.35. The Bertz CT molecular complexity index is 654. The highest BCUT2D eigenvalue weighted by Gasteiger charge is 2.63. The first-order chi connectivity index (χ1) is 10.9. The molecule has 6 atom stereocenters. The van der Waals surface area contributed by atoms with Crippen molar-refractivity contribution in [2.75, 3.05) is 0 Å². The van der Waals surface area contributed by atoms with E-state index in [1.54, 1.807) is 6.07 Å². The molecule has 1 aromatic carbocycles. The Morgan fingerprint density at radius 1 is 1.26 bits per heavy atom. The van der Waals surface area contributed by atoms with Gasteiger partial charge in [0.2, 0.25) is 0 Å². The Labute approximate surface area is 137 Å². The Hall–Kier alpha value is -1.32. The minimum Gasteiger partial charge on any atom is -0.508 e. The summed E-state index contributed by atoms with van der Waals surface area (Å²) < 4.78 is 0. The summed E-state index contributed by atoms with van der Waals surface area (Å²) in [5.41, 5.74) is 2.29. The van der Waals surface area contributed by atoms with Crippen LogP contribution in [0.3, 0.4) is 0 Å². The highest BCUT2D eigenvalue weighted by Crippen LogP contribution is 2.67. The summed E-state index contributed by atoms with van der Waals surface area (Å²) in [4.78, 5) is 0. The number of hydrogen-bond donors (Lipinski definition) is 3. The minimum atomic E-state index is -0.633. The van der Waals surface area contributed by atoms with E-state index in [-0.39, 0.29) is 16.7 Å². The normalized spacial score (nSPS) is 45.0. The third kappa shape index (κ3) is 1.84. The van der Waals surface area contributed by atoms with E-state index < -0.39 is 12.2 Å². The number of aliphatic hydroxyl groups excluding tert-OH is 2. The van der Waals surface area contributed by atoms with Crippen molar-refractivity contribution < 1.29 is 15.3 Å². The monoisotopic (exact) mass is 314 g/mol. The zero-order valence-corrected chi connectivity index (χ0v) is 13.7. The van der Waals surface area contributed by atoms with Crippen LogP contribution < -0.4 is 0 Å². The summed E-state index contributed by atoms with van der Waals surface area (Å²) in [7, 11) is 0. The summed E-state index contributed by atoms with van der Waals surface area (Å²) in [6, 6.07) is 5.75. The van der Waals surface area contributed by atoms with E-state index >= 15 is 0 Å². The fourth-order valence-electron chi connectivity index (χ4n) is 6.09. The van der Waals surface area contributed by atoms with E-state index in [2.05, 4.69) is 25.6 Å². The molecular weight excluding hydrogens is 288 g/mol. The van der Waals surface area contributed by atoms with E-state index in [0.717, 1.165) is 25.7 Å². The summed E-state index contributed by atoms with van der Waals surface area (Å²) in [6.45, 7) is 6.32. The molecule has 0 spiro atoms. The molecule has 0 aliphatic heterocycles. The van der Waals surface area contributed by atoms with Crippen molar-refractivity contribution >= 4 is 0 Å². The van der Waals surface area contributed by atoms with Crippen molar-refractivity contribution in [3.05, 3.63) is 42.0 Å². The average Bonchev–Trinajstić information content (AvgIpc) is 2.78.